The summed E-state index contributed by atoms with van der Waals surface area (Å²) in [6.45, 7) is 6.05. The van der Waals surface area contributed by atoms with Gasteiger partial charge in [-0.05, 0) is 25.7 Å². The number of methoxy groups -OCH3 is 1. The van der Waals surface area contributed by atoms with Gasteiger partial charge in [0.25, 0.3) is 0 Å². The van der Waals surface area contributed by atoms with E-state index in [0.717, 1.165) is 18.4 Å². The fraction of sp³-hybridized carbons (Fsp3) is 0.692. The second kappa shape index (κ2) is 5.28. The van der Waals surface area contributed by atoms with E-state index >= 15 is 0 Å². The topological polar surface area (TPSA) is 43.4 Å². The molecule has 3 heteroatoms. The van der Waals surface area contributed by atoms with Crippen LogP contribution in [0.3, 0.4) is 0 Å². The van der Waals surface area contributed by atoms with Crippen molar-refractivity contribution in [2.75, 3.05) is 7.11 Å². The largest absolute Gasteiger partial charge is 0.469 e. The van der Waals surface area contributed by atoms with Gasteiger partial charge >= 0.3 is 5.97 Å². The fourth-order valence-electron chi connectivity index (χ4n) is 2.18. The van der Waals surface area contributed by atoms with E-state index in [2.05, 4.69) is 18.6 Å². The molecule has 1 aliphatic carbocycles. The molecule has 0 aromatic rings. The Bertz CT molecular complexity index is 326. The first-order valence-electron chi connectivity index (χ1n) is 5.77. The van der Waals surface area contributed by atoms with E-state index in [1.165, 1.54) is 7.11 Å². The highest BCUT2D eigenvalue weighted by atomic mass is 16.5. The first-order chi connectivity index (χ1) is 7.47. The number of hydrogen-bond donors (Lipinski definition) is 0. The lowest BCUT2D eigenvalue weighted by Gasteiger charge is -2.26. The van der Waals surface area contributed by atoms with Gasteiger partial charge in [0.05, 0.1) is 13.5 Å². The van der Waals surface area contributed by atoms with Crippen LogP contribution in [0.1, 0.15) is 40.0 Å². The van der Waals surface area contributed by atoms with Gasteiger partial charge in [0.2, 0.25) is 0 Å². The van der Waals surface area contributed by atoms with Gasteiger partial charge in [0, 0.05) is 11.5 Å². The molecule has 0 spiro atoms. The van der Waals surface area contributed by atoms with Crippen molar-refractivity contribution >= 4 is 11.8 Å². The average molecular weight is 224 g/mol. The van der Waals surface area contributed by atoms with Gasteiger partial charge in [-0.3, -0.25) is 9.59 Å². The van der Waals surface area contributed by atoms with Crippen LogP contribution < -0.4 is 0 Å². The van der Waals surface area contributed by atoms with E-state index in [1.54, 1.807) is 0 Å². The zero-order chi connectivity index (χ0) is 12.3. The summed E-state index contributed by atoms with van der Waals surface area (Å²) in [5, 5.41) is 0. The van der Waals surface area contributed by atoms with E-state index < -0.39 is 0 Å². The maximum Gasteiger partial charge on any atom is 0.310 e. The van der Waals surface area contributed by atoms with Gasteiger partial charge < -0.3 is 4.74 Å². The first kappa shape index (κ1) is 12.9. The molecule has 0 saturated heterocycles. The minimum Gasteiger partial charge on any atom is -0.469 e. The van der Waals surface area contributed by atoms with Crippen LogP contribution >= 0.6 is 0 Å². The van der Waals surface area contributed by atoms with Crippen molar-refractivity contribution in [2.45, 2.75) is 40.0 Å². The van der Waals surface area contributed by atoms with E-state index in [4.69, 9.17) is 0 Å². The molecule has 3 nitrogen and oxygen atoms in total. The van der Waals surface area contributed by atoms with Gasteiger partial charge in [-0.2, -0.15) is 0 Å². The zero-order valence-electron chi connectivity index (χ0n) is 10.5. The van der Waals surface area contributed by atoms with E-state index in [-0.39, 0.29) is 24.1 Å². The molecule has 0 N–H and O–H groups in total. The Balaban J connectivity index is 2.87. The number of ether oxygens (including phenoxy) is 1. The molecular weight excluding hydrogens is 204 g/mol. The van der Waals surface area contributed by atoms with Crippen molar-refractivity contribution in [3.8, 4) is 0 Å². The summed E-state index contributed by atoms with van der Waals surface area (Å²) in [6, 6.07) is 0. The highest BCUT2D eigenvalue weighted by molar-refractivity contribution is 6.02. The third-order valence-corrected chi connectivity index (χ3v) is 3.33. The van der Waals surface area contributed by atoms with Crippen molar-refractivity contribution in [2.24, 2.45) is 11.8 Å². The monoisotopic (exact) mass is 224 g/mol. The minimum absolute atomic E-state index is 0.0726. The molecule has 1 unspecified atom stereocenters. The second-order valence-electron chi connectivity index (χ2n) is 4.77. The number of hydrogen-bond acceptors (Lipinski definition) is 3. The van der Waals surface area contributed by atoms with Crippen LogP contribution in [0.4, 0.5) is 0 Å². The zero-order valence-corrected chi connectivity index (χ0v) is 10.5. The van der Waals surface area contributed by atoms with Crippen molar-refractivity contribution in [1.82, 2.24) is 0 Å². The SMILES string of the molecule is COC(=O)CC1=C(C)CCC(C(C)C)C1=O. The van der Waals surface area contributed by atoms with E-state index in [9.17, 15) is 9.59 Å². The van der Waals surface area contributed by atoms with Crippen LogP contribution in [0, 0.1) is 11.8 Å². The van der Waals surface area contributed by atoms with Gasteiger partial charge in [-0.25, -0.2) is 0 Å². The number of carbonyl (C=O) groups excluding carboxylic acids is 2. The maximum absolute atomic E-state index is 12.2. The van der Waals surface area contributed by atoms with Gasteiger partial charge in [0.1, 0.15) is 0 Å². The molecule has 0 fully saturated rings. The van der Waals surface area contributed by atoms with Crippen molar-refractivity contribution in [1.29, 1.82) is 0 Å². The molecular formula is C13H20O3. The number of esters is 1. The number of carbonyl (C=O) groups is 2. The highest BCUT2D eigenvalue weighted by Crippen LogP contribution is 2.32. The summed E-state index contributed by atoms with van der Waals surface area (Å²) in [5.74, 6) is 0.229. The summed E-state index contributed by atoms with van der Waals surface area (Å²) >= 11 is 0. The first-order valence-corrected chi connectivity index (χ1v) is 5.77. The molecule has 0 heterocycles. The third-order valence-electron chi connectivity index (χ3n) is 3.33. The number of Topliss-reactive ketones (excluding diaryl/α,β-unsaturated/α-hetero) is 1. The van der Waals surface area contributed by atoms with Crippen LogP contribution in [0.25, 0.3) is 0 Å². The predicted octanol–water partition coefficient (Wildman–Crippen LogP) is 2.50. The summed E-state index contributed by atoms with van der Waals surface area (Å²) in [7, 11) is 1.35. The molecule has 0 aromatic heterocycles. The number of allylic oxidation sites excluding steroid dienone is 1. The molecule has 90 valence electrons. The molecule has 1 atom stereocenters. The minimum atomic E-state index is -0.327. The molecule has 0 amide bonds. The molecule has 1 rings (SSSR count). The maximum atomic E-state index is 12.2. The fourth-order valence-corrected chi connectivity index (χ4v) is 2.18. The highest BCUT2D eigenvalue weighted by Gasteiger charge is 2.31. The van der Waals surface area contributed by atoms with Crippen molar-refractivity contribution in [3.63, 3.8) is 0 Å². The third kappa shape index (κ3) is 2.71. The van der Waals surface area contributed by atoms with E-state index in [1.807, 2.05) is 6.92 Å². The standard InChI is InChI=1S/C13H20O3/c1-8(2)10-6-5-9(3)11(13(10)15)7-12(14)16-4/h8,10H,5-7H2,1-4H3. The smallest absolute Gasteiger partial charge is 0.310 e. The Hall–Kier alpha value is -1.12. The predicted molar refractivity (Wildman–Crippen MR) is 61.9 cm³/mol. The lowest BCUT2D eigenvalue weighted by molar-refractivity contribution is -0.140. The quantitative estimate of drug-likeness (QED) is 0.692. The molecule has 1 aliphatic rings. The molecule has 0 aromatic carbocycles. The molecule has 0 radical (unpaired) electrons. The van der Waals surface area contributed by atoms with Crippen LogP contribution in [-0.2, 0) is 14.3 Å². The Morgan fingerprint density at radius 3 is 2.62 bits per heavy atom. The summed E-state index contributed by atoms with van der Waals surface area (Å²) < 4.78 is 4.62. The lowest BCUT2D eigenvalue weighted by atomic mass is 9.77. The van der Waals surface area contributed by atoms with Gasteiger partial charge in [-0.15, -0.1) is 0 Å². The van der Waals surface area contributed by atoms with E-state index in [0.29, 0.717) is 11.5 Å². The Morgan fingerprint density at radius 1 is 1.50 bits per heavy atom. The van der Waals surface area contributed by atoms with Crippen molar-refractivity contribution in [3.05, 3.63) is 11.1 Å². The Morgan fingerprint density at radius 2 is 2.12 bits per heavy atom. The summed E-state index contributed by atoms with van der Waals surface area (Å²) in [6.07, 6.45) is 1.96. The normalized spacial score (nSPS) is 21.6. The molecule has 0 bridgehead atoms. The average Bonchev–Trinajstić information content (AvgIpc) is 2.23. The van der Waals surface area contributed by atoms with Crippen LogP contribution in [-0.4, -0.2) is 18.9 Å². The second-order valence-corrected chi connectivity index (χ2v) is 4.77. The van der Waals surface area contributed by atoms with Crippen molar-refractivity contribution < 1.29 is 14.3 Å². The van der Waals surface area contributed by atoms with Crippen LogP contribution in [0.2, 0.25) is 0 Å². The lowest BCUT2D eigenvalue weighted by Crippen LogP contribution is -2.27. The number of rotatable bonds is 3. The molecule has 16 heavy (non-hydrogen) atoms. The molecule has 0 saturated carbocycles. The molecule has 0 aliphatic heterocycles. The Kier molecular flexibility index (Phi) is 4.27. The summed E-state index contributed by atoms with van der Waals surface area (Å²) in [5.41, 5.74) is 1.73. The van der Waals surface area contributed by atoms with Crippen LogP contribution in [0.15, 0.2) is 11.1 Å². The van der Waals surface area contributed by atoms with Gasteiger partial charge in [0.15, 0.2) is 5.78 Å². The van der Waals surface area contributed by atoms with Crippen LogP contribution in [0.5, 0.6) is 0 Å². The Labute approximate surface area is 96.9 Å². The number of ketones is 1. The van der Waals surface area contributed by atoms with Gasteiger partial charge in [-0.1, -0.05) is 19.4 Å². The summed E-state index contributed by atoms with van der Waals surface area (Å²) in [4.78, 5) is 23.4.